The van der Waals surface area contributed by atoms with E-state index in [2.05, 4.69) is 22.4 Å². The number of nitrogens with one attached hydrogen (secondary N) is 1. The first-order valence-electron chi connectivity index (χ1n) is 9.40. The van der Waals surface area contributed by atoms with Crippen LogP contribution in [0.25, 0.3) is 5.69 Å². The zero-order chi connectivity index (χ0) is 21.0. The van der Waals surface area contributed by atoms with E-state index in [1.807, 2.05) is 30.3 Å². The number of anilines is 1. The molecule has 0 bridgehead atoms. The summed E-state index contributed by atoms with van der Waals surface area (Å²) in [6.45, 7) is 3.88. The first-order chi connectivity index (χ1) is 13.9. The third kappa shape index (κ3) is 4.37. The highest BCUT2D eigenvalue weighted by Crippen LogP contribution is 2.17. The average molecular weight is 416 g/mol. The molecule has 3 aromatic rings. The van der Waals surface area contributed by atoms with Crippen LogP contribution in [0, 0.1) is 6.92 Å². The monoisotopic (exact) mass is 415 g/mol. The Kier molecular flexibility index (Phi) is 6.42. The molecule has 2 aromatic heterocycles. The van der Waals surface area contributed by atoms with Crippen molar-refractivity contribution in [1.29, 1.82) is 0 Å². The van der Waals surface area contributed by atoms with Crippen molar-refractivity contribution in [2.75, 3.05) is 16.9 Å². The molecule has 0 fully saturated rings. The van der Waals surface area contributed by atoms with Crippen molar-refractivity contribution in [2.45, 2.75) is 38.3 Å². The van der Waals surface area contributed by atoms with Gasteiger partial charge in [-0.3, -0.25) is 14.3 Å². The van der Waals surface area contributed by atoms with Gasteiger partial charge in [0.1, 0.15) is 5.69 Å². The zero-order valence-corrected chi connectivity index (χ0v) is 17.6. The number of nitrogens with zero attached hydrogens (tertiary/aromatic N) is 5. The van der Waals surface area contributed by atoms with Gasteiger partial charge in [-0.05, 0) is 25.5 Å². The quantitative estimate of drug-likeness (QED) is 0.429. The second kappa shape index (κ2) is 8.99. The molecule has 0 aliphatic rings. The van der Waals surface area contributed by atoms with Crippen molar-refractivity contribution in [1.82, 2.24) is 24.2 Å². The summed E-state index contributed by atoms with van der Waals surface area (Å²) < 4.78 is 4.66. The van der Waals surface area contributed by atoms with Crippen LogP contribution in [0.5, 0.6) is 0 Å². The summed E-state index contributed by atoms with van der Waals surface area (Å²) in [5, 5.41) is 11.3. The van der Waals surface area contributed by atoms with Crippen LogP contribution in [-0.2, 0) is 18.3 Å². The van der Waals surface area contributed by atoms with E-state index >= 15 is 0 Å². The fraction of sp³-hybridized carbons (Fsp3) is 0.368. The van der Waals surface area contributed by atoms with Gasteiger partial charge in [0, 0.05) is 13.5 Å². The van der Waals surface area contributed by atoms with Gasteiger partial charge in [-0.1, -0.05) is 43.3 Å². The fourth-order valence-corrected chi connectivity index (χ4v) is 3.60. The third-order valence-electron chi connectivity index (χ3n) is 4.64. The molecule has 1 aromatic carbocycles. The molecule has 0 saturated heterocycles. The third-order valence-corrected chi connectivity index (χ3v) is 5.58. The Hall–Kier alpha value is -3.01. The van der Waals surface area contributed by atoms with Gasteiger partial charge in [0.05, 0.1) is 17.1 Å². The van der Waals surface area contributed by atoms with E-state index in [0.717, 1.165) is 24.9 Å². The molecule has 1 amide bonds. The van der Waals surface area contributed by atoms with Gasteiger partial charge >= 0.3 is 0 Å². The number of rotatable bonds is 8. The Labute approximate surface area is 172 Å². The number of unbranched alkanes of at least 4 members (excludes halogenated alkanes) is 1. The summed E-state index contributed by atoms with van der Waals surface area (Å²) in [7, 11) is 1.78. The standard InChI is InChI=1S/C19H25N7O2S/c1-4-5-11-15-22-23-19(25(15)20)29-12-16(27)21-17-13(2)24(3)26(18(17)28)14-9-7-6-8-10-14/h6-10H,4-5,11-12,20H2,1-3H3,(H,21,27). The fourth-order valence-electron chi connectivity index (χ4n) is 2.93. The number of para-hydroxylation sites is 1. The molecular weight excluding hydrogens is 390 g/mol. The molecule has 3 rings (SSSR count). The lowest BCUT2D eigenvalue weighted by molar-refractivity contribution is -0.113. The van der Waals surface area contributed by atoms with Crippen molar-refractivity contribution in [3.05, 3.63) is 52.2 Å². The normalized spacial score (nSPS) is 11.0. The van der Waals surface area contributed by atoms with E-state index in [-0.39, 0.29) is 22.9 Å². The molecule has 0 saturated carbocycles. The Morgan fingerprint density at radius 1 is 1.24 bits per heavy atom. The maximum atomic E-state index is 12.9. The molecule has 29 heavy (non-hydrogen) atoms. The molecule has 0 atom stereocenters. The number of aryl methyl sites for hydroxylation is 1. The van der Waals surface area contributed by atoms with Crippen molar-refractivity contribution in [3.8, 4) is 5.69 Å². The highest BCUT2D eigenvalue weighted by Gasteiger charge is 2.19. The van der Waals surface area contributed by atoms with E-state index in [4.69, 9.17) is 5.84 Å². The number of amides is 1. The Morgan fingerprint density at radius 2 is 1.97 bits per heavy atom. The van der Waals surface area contributed by atoms with Gasteiger partial charge in [0.25, 0.3) is 5.56 Å². The predicted molar refractivity (Wildman–Crippen MR) is 114 cm³/mol. The largest absolute Gasteiger partial charge is 0.336 e. The Balaban J connectivity index is 1.70. The number of thioether (sulfide) groups is 1. The van der Waals surface area contributed by atoms with E-state index in [9.17, 15) is 9.59 Å². The molecule has 9 nitrogen and oxygen atoms in total. The van der Waals surface area contributed by atoms with Gasteiger partial charge in [-0.15, -0.1) is 10.2 Å². The molecule has 0 radical (unpaired) electrons. The van der Waals surface area contributed by atoms with Crippen LogP contribution >= 0.6 is 11.8 Å². The number of nitrogens with two attached hydrogens (primary N) is 1. The second-order valence-electron chi connectivity index (χ2n) is 6.65. The van der Waals surface area contributed by atoms with Gasteiger partial charge in [-0.2, -0.15) is 0 Å². The number of aromatic nitrogens is 5. The number of benzene rings is 1. The summed E-state index contributed by atoms with van der Waals surface area (Å²) >= 11 is 1.18. The summed E-state index contributed by atoms with van der Waals surface area (Å²) in [5.74, 6) is 6.46. The van der Waals surface area contributed by atoms with Crippen LogP contribution in [0.3, 0.4) is 0 Å². The lowest BCUT2D eigenvalue weighted by Gasteiger charge is -2.07. The van der Waals surface area contributed by atoms with Crippen LogP contribution in [-0.4, -0.2) is 35.9 Å². The van der Waals surface area contributed by atoms with E-state index in [0.29, 0.717) is 16.7 Å². The molecule has 0 aliphatic heterocycles. The highest BCUT2D eigenvalue weighted by atomic mass is 32.2. The molecule has 0 unspecified atom stereocenters. The van der Waals surface area contributed by atoms with E-state index in [1.165, 1.54) is 21.1 Å². The number of carbonyl (C=O) groups is 1. The zero-order valence-electron chi connectivity index (χ0n) is 16.8. The minimum Gasteiger partial charge on any atom is -0.336 e. The first kappa shape index (κ1) is 20.7. The summed E-state index contributed by atoms with van der Waals surface area (Å²) in [5.41, 5.74) is 1.38. The number of hydrogen-bond donors (Lipinski definition) is 2. The lowest BCUT2D eigenvalue weighted by Crippen LogP contribution is -2.23. The molecule has 3 N–H and O–H groups in total. The van der Waals surface area contributed by atoms with E-state index < -0.39 is 0 Å². The van der Waals surface area contributed by atoms with Crippen LogP contribution in [0.1, 0.15) is 31.3 Å². The molecule has 0 spiro atoms. The van der Waals surface area contributed by atoms with Crippen molar-refractivity contribution in [3.63, 3.8) is 0 Å². The number of carbonyl (C=O) groups excluding carboxylic acids is 1. The maximum Gasteiger partial charge on any atom is 0.295 e. The van der Waals surface area contributed by atoms with Crippen LogP contribution in [0.15, 0.2) is 40.3 Å². The smallest absolute Gasteiger partial charge is 0.295 e. The van der Waals surface area contributed by atoms with Crippen LogP contribution in [0.4, 0.5) is 5.69 Å². The second-order valence-corrected chi connectivity index (χ2v) is 7.59. The maximum absolute atomic E-state index is 12.9. The molecule has 2 heterocycles. The van der Waals surface area contributed by atoms with Gasteiger partial charge in [-0.25, -0.2) is 9.36 Å². The van der Waals surface area contributed by atoms with Crippen molar-refractivity contribution in [2.24, 2.45) is 7.05 Å². The summed E-state index contributed by atoms with van der Waals surface area (Å²) in [6, 6.07) is 9.28. The summed E-state index contributed by atoms with van der Waals surface area (Å²) in [4.78, 5) is 25.3. The lowest BCUT2D eigenvalue weighted by atomic mass is 10.2. The van der Waals surface area contributed by atoms with Crippen molar-refractivity contribution < 1.29 is 4.79 Å². The number of nitrogen functional groups attached to an aromatic ring is 1. The predicted octanol–water partition coefficient (Wildman–Crippen LogP) is 1.86. The Morgan fingerprint density at radius 3 is 2.66 bits per heavy atom. The van der Waals surface area contributed by atoms with Crippen molar-refractivity contribution >= 4 is 23.4 Å². The topological polar surface area (TPSA) is 113 Å². The highest BCUT2D eigenvalue weighted by molar-refractivity contribution is 7.99. The molecule has 0 aliphatic carbocycles. The minimum atomic E-state index is -0.306. The molecular formula is C19H25N7O2S. The van der Waals surface area contributed by atoms with Gasteiger partial charge in [0.2, 0.25) is 11.1 Å². The average Bonchev–Trinajstić information content (AvgIpc) is 3.17. The summed E-state index contributed by atoms with van der Waals surface area (Å²) in [6.07, 6.45) is 2.76. The van der Waals surface area contributed by atoms with E-state index in [1.54, 1.807) is 18.7 Å². The van der Waals surface area contributed by atoms with Crippen LogP contribution in [0.2, 0.25) is 0 Å². The van der Waals surface area contributed by atoms with Crippen LogP contribution < -0.4 is 16.7 Å². The molecule has 10 heteroatoms. The van der Waals surface area contributed by atoms with Gasteiger partial charge < -0.3 is 11.2 Å². The first-order valence-corrected chi connectivity index (χ1v) is 10.4. The molecule has 154 valence electrons. The SMILES string of the molecule is CCCCc1nnc(SCC(=O)Nc2c(C)n(C)n(-c3ccccc3)c2=O)n1N. The Bertz CT molecular complexity index is 1050. The number of hydrogen-bond acceptors (Lipinski definition) is 6. The minimum absolute atomic E-state index is 0.0716. The van der Waals surface area contributed by atoms with Gasteiger partial charge in [0.15, 0.2) is 5.82 Å².